The average molecular weight is 509 g/mol. The summed E-state index contributed by atoms with van der Waals surface area (Å²) in [6.45, 7) is 6.82. The first-order chi connectivity index (χ1) is 17.1. The van der Waals surface area contributed by atoms with Crippen LogP contribution in [0.1, 0.15) is 44.0 Å². The van der Waals surface area contributed by atoms with E-state index in [1.807, 2.05) is 19.9 Å². The smallest absolute Gasteiger partial charge is 0.281 e. The fourth-order valence-electron chi connectivity index (χ4n) is 4.75. The second-order valence-electron chi connectivity index (χ2n) is 9.79. The van der Waals surface area contributed by atoms with E-state index in [9.17, 15) is 13.2 Å². The summed E-state index contributed by atoms with van der Waals surface area (Å²) in [5.41, 5.74) is 7.37. The molecule has 2 aliphatic rings. The van der Waals surface area contributed by atoms with E-state index in [1.54, 1.807) is 24.4 Å². The lowest BCUT2D eigenvalue weighted by Gasteiger charge is -2.64. The summed E-state index contributed by atoms with van der Waals surface area (Å²) < 4.78 is 33.3. The highest BCUT2D eigenvalue weighted by Crippen LogP contribution is 2.54. The van der Waals surface area contributed by atoms with Crippen LogP contribution in [0.5, 0.6) is 5.88 Å². The van der Waals surface area contributed by atoms with Crippen molar-refractivity contribution in [3.63, 3.8) is 0 Å². The van der Waals surface area contributed by atoms with Crippen molar-refractivity contribution in [2.45, 2.75) is 50.8 Å². The van der Waals surface area contributed by atoms with Crippen molar-refractivity contribution in [1.82, 2.24) is 19.7 Å². The SMILES string of the molecule is CC(C)Oc1ccc(-c2ccc(C(=O)NS(=O)(=O)c3cccc(N)n3)c(N3CC4(C)CCC34)n2)cn1. The number of fused-ring (bicyclic) bond motifs is 1. The van der Waals surface area contributed by atoms with Crippen LogP contribution in [0.4, 0.5) is 11.6 Å². The van der Waals surface area contributed by atoms with E-state index in [2.05, 4.69) is 26.5 Å². The standard InChI is InChI=1S/C25H28N6O4S/c1-15(2)35-21-10-7-16(13-27-21)18-9-8-17(23(28-18)31-14-25(3)12-11-19(25)31)24(32)30-36(33,34)22-6-4-5-20(26)29-22/h4-10,13,15,19H,11-12,14H2,1-3H3,(H2,26,29)(H,30,32). The number of anilines is 2. The van der Waals surface area contributed by atoms with Gasteiger partial charge in [0.05, 0.1) is 17.4 Å². The van der Waals surface area contributed by atoms with Gasteiger partial charge in [0.1, 0.15) is 11.6 Å². The predicted molar refractivity (Wildman–Crippen MR) is 135 cm³/mol. The van der Waals surface area contributed by atoms with Crippen LogP contribution in [0.3, 0.4) is 0 Å². The molecule has 36 heavy (non-hydrogen) atoms. The number of nitrogens with zero attached hydrogens (tertiary/aromatic N) is 4. The fourth-order valence-corrected chi connectivity index (χ4v) is 5.69. The van der Waals surface area contributed by atoms with E-state index < -0.39 is 15.9 Å². The molecule has 3 aromatic heterocycles. The lowest BCUT2D eigenvalue weighted by atomic mass is 9.58. The number of aromatic nitrogens is 3. The van der Waals surface area contributed by atoms with E-state index in [-0.39, 0.29) is 34.0 Å². The van der Waals surface area contributed by atoms with Gasteiger partial charge < -0.3 is 15.4 Å². The number of piperidine rings is 1. The fraction of sp³-hybridized carbons (Fsp3) is 0.360. The molecule has 3 N–H and O–H groups in total. The van der Waals surface area contributed by atoms with Crippen molar-refractivity contribution in [3.05, 3.63) is 54.2 Å². The highest BCUT2D eigenvalue weighted by molar-refractivity contribution is 7.90. The van der Waals surface area contributed by atoms with Crippen LogP contribution in [0.25, 0.3) is 11.3 Å². The molecule has 2 fully saturated rings. The third-order valence-electron chi connectivity index (χ3n) is 6.73. The Bertz CT molecular complexity index is 1430. The number of nitrogens with two attached hydrogens (primary N) is 1. The Kier molecular flexibility index (Phi) is 5.82. The summed E-state index contributed by atoms with van der Waals surface area (Å²) in [5.74, 6) is 0.226. The number of nitrogens with one attached hydrogen (secondary N) is 1. The summed E-state index contributed by atoms with van der Waals surface area (Å²) >= 11 is 0. The van der Waals surface area contributed by atoms with Crippen molar-refractivity contribution in [1.29, 1.82) is 0 Å². The Morgan fingerprint density at radius 3 is 2.58 bits per heavy atom. The summed E-state index contributed by atoms with van der Waals surface area (Å²) in [5, 5.41) is -0.327. The van der Waals surface area contributed by atoms with E-state index in [0.717, 1.165) is 24.9 Å². The highest BCUT2D eigenvalue weighted by Gasteiger charge is 2.56. The van der Waals surface area contributed by atoms with Gasteiger partial charge in [-0.05, 0) is 57.0 Å². The molecule has 0 radical (unpaired) electrons. The molecule has 0 bridgehead atoms. The Hall–Kier alpha value is -3.73. The largest absolute Gasteiger partial charge is 0.475 e. The molecular formula is C25H28N6O4S. The molecule has 1 saturated heterocycles. The first-order valence-corrected chi connectivity index (χ1v) is 13.2. The van der Waals surface area contributed by atoms with Gasteiger partial charge in [0.15, 0.2) is 5.03 Å². The summed E-state index contributed by atoms with van der Waals surface area (Å²) in [6, 6.07) is 11.4. The molecule has 0 spiro atoms. The Labute approximate surface area is 210 Å². The maximum Gasteiger partial charge on any atom is 0.281 e. The third-order valence-corrected chi connectivity index (χ3v) is 7.96. The van der Waals surface area contributed by atoms with Crippen LogP contribution < -0.4 is 20.1 Å². The summed E-state index contributed by atoms with van der Waals surface area (Å²) in [7, 11) is -4.22. The number of amides is 1. The lowest BCUT2D eigenvalue weighted by molar-refractivity contribution is 0.0363. The quantitative estimate of drug-likeness (QED) is 0.493. The molecule has 5 rings (SSSR count). The van der Waals surface area contributed by atoms with Crippen molar-refractivity contribution in [2.24, 2.45) is 5.41 Å². The molecule has 0 aromatic carbocycles. The first-order valence-electron chi connectivity index (χ1n) is 11.8. The summed E-state index contributed by atoms with van der Waals surface area (Å²) in [6.07, 6.45) is 3.79. The van der Waals surface area contributed by atoms with Crippen molar-refractivity contribution in [3.8, 4) is 17.1 Å². The van der Waals surface area contributed by atoms with Crippen LogP contribution >= 0.6 is 0 Å². The molecule has 1 saturated carbocycles. The predicted octanol–water partition coefficient (Wildman–Crippen LogP) is 3.02. The normalized spacial score (nSPS) is 20.8. The molecule has 1 aliphatic heterocycles. The first kappa shape index (κ1) is 24.0. The zero-order valence-corrected chi connectivity index (χ0v) is 21.1. The van der Waals surface area contributed by atoms with Crippen LogP contribution in [0.15, 0.2) is 53.7 Å². The van der Waals surface area contributed by atoms with E-state index in [1.165, 1.54) is 18.2 Å². The minimum Gasteiger partial charge on any atom is -0.475 e. The Morgan fingerprint density at radius 1 is 1.19 bits per heavy atom. The lowest BCUT2D eigenvalue weighted by Crippen LogP contribution is -2.70. The van der Waals surface area contributed by atoms with Crippen LogP contribution in [0, 0.1) is 5.41 Å². The van der Waals surface area contributed by atoms with Crippen molar-refractivity contribution in [2.75, 3.05) is 17.2 Å². The Balaban J connectivity index is 1.47. The second kappa shape index (κ2) is 8.74. The van der Waals surface area contributed by atoms with Crippen molar-refractivity contribution < 1.29 is 17.9 Å². The number of ether oxygens (including phenoxy) is 1. The summed E-state index contributed by atoms with van der Waals surface area (Å²) in [4.78, 5) is 28.3. The molecule has 11 heteroatoms. The monoisotopic (exact) mass is 508 g/mol. The van der Waals surface area contributed by atoms with Gasteiger partial charge in [-0.1, -0.05) is 13.0 Å². The van der Waals surface area contributed by atoms with Gasteiger partial charge in [0.25, 0.3) is 15.9 Å². The van der Waals surface area contributed by atoms with Gasteiger partial charge in [-0.25, -0.2) is 19.7 Å². The van der Waals surface area contributed by atoms with Gasteiger partial charge >= 0.3 is 0 Å². The number of hydrogen-bond acceptors (Lipinski definition) is 9. The molecule has 1 amide bonds. The highest BCUT2D eigenvalue weighted by atomic mass is 32.2. The molecule has 2 atom stereocenters. The average Bonchev–Trinajstić information content (AvgIpc) is 2.82. The van der Waals surface area contributed by atoms with Gasteiger partial charge in [0.2, 0.25) is 5.88 Å². The van der Waals surface area contributed by atoms with Gasteiger partial charge in [-0.3, -0.25) is 4.79 Å². The minimum absolute atomic E-state index is 0.00730. The minimum atomic E-state index is -4.22. The molecule has 3 aromatic rings. The van der Waals surface area contributed by atoms with E-state index in [0.29, 0.717) is 17.4 Å². The van der Waals surface area contributed by atoms with Crippen LogP contribution in [-0.2, 0) is 10.0 Å². The zero-order chi connectivity index (χ0) is 25.7. The number of pyridine rings is 3. The maximum atomic E-state index is 13.2. The maximum absolute atomic E-state index is 13.2. The molecule has 1 aliphatic carbocycles. The molecule has 2 unspecified atom stereocenters. The zero-order valence-electron chi connectivity index (χ0n) is 20.3. The molecular weight excluding hydrogens is 480 g/mol. The molecule has 4 heterocycles. The number of sulfonamides is 1. The topological polar surface area (TPSA) is 140 Å². The number of nitrogen functional groups attached to an aromatic ring is 1. The van der Waals surface area contributed by atoms with Crippen LogP contribution in [0.2, 0.25) is 0 Å². The van der Waals surface area contributed by atoms with E-state index in [4.69, 9.17) is 15.5 Å². The number of hydrogen-bond donors (Lipinski definition) is 2. The van der Waals surface area contributed by atoms with Gasteiger partial charge in [-0.2, -0.15) is 8.42 Å². The number of rotatable bonds is 7. The molecule has 188 valence electrons. The van der Waals surface area contributed by atoms with Gasteiger partial charge in [0, 0.05) is 35.8 Å². The van der Waals surface area contributed by atoms with E-state index >= 15 is 0 Å². The second-order valence-corrected chi connectivity index (χ2v) is 11.4. The third kappa shape index (κ3) is 4.34. The van der Waals surface area contributed by atoms with Gasteiger partial charge in [-0.15, -0.1) is 0 Å². The molecule has 10 nitrogen and oxygen atoms in total. The number of carbonyl (C=O) groups excluding carboxylic acids is 1. The van der Waals surface area contributed by atoms with Crippen LogP contribution in [-0.4, -0.2) is 48.0 Å². The van der Waals surface area contributed by atoms with Crippen molar-refractivity contribution >= 4 is 27.6 Å². The Morgan fingerprint density at radius 2 is 2.00 bits per heavy atom. The number of carbonyl (C=O) groups is 1.